The number of rotatable bonds is 4. The molecule has 3 N–H and O–H groups in total. The molecule has 1 atom stereocenters. The summed E-state index contributed by atoms with van der Waals surface area (Å²) in [6.07, 6.45) is 1.60. The number of benzene rings is 1. The molecule has 108 valence electrons. The second kappa shape index (κ2) is 5.76. The molecule has 5 nitrogen and oxygen atoms in total. The van der Waals surface area contributed by atoms with E-state index in [-0.39, 0.29) is 10.9 Å². The Labute approximate surface area is 123 Å². The first-order valence-electron chi connectivity index (χ1n) is 6.39. The first-order chi connectivity index (χ1) is 9.46. The van der Waals surface area contributed by atoms with Crippen molar-refractivity contribution < 1.29 is 14.3 Å². The van der Waals surface area contributed by atoms with Crippen molar-refractivity contribution in [1.82, 2.24) is 0 Å². The second-order valence-electron chi connectivity index (χ2n) is 4.92. The quantitative estimate of drug-likeness (QED) is 0.829. The van der Waals surface area contributed by atoms with E-state index in [1.165, 1.54) is 7.11 Å². The zero-order valence-corrected chi connectivity index (χ0v) is 12.4. The van der Waals surface area contributed by atoms with Gasteiger partial charge < -0.3 is 20.5 Å². The number of nitrogens with one attached hydrogen (secondary N) is 1. The van der Waals surface area contributed by atoms with Crippen molar-refractivity contribution in [2.75, 3.05) is 19.0 Å². The molecule has 0 bridgehead atoms. The Balaban J connectivity index is 2.20. The van der Waals surface area contributed by atoms with Crippen LogP contribution in [0.5, 0.6) is 5.75 Å². The lowest BCUT2D eigenvalue weighted by Gasteiger charge is -2.22. The number of nitrogens with two attached hydrogens (primary N) is 1. The van der Waals surface area contributed by atoms with Crippen LogP contribution in [0.1, 0.15) is 25.3 Å². The molecule has 1 fully saturated rings. The number of carbonyl (C=O) groups is 1. The molecule has 1 aliphatic rings. The summed E-state index contributed by atoms with van der Waals surface area (Å²) in [5, 5.41) is 2.84. The number of anilines is 1. The fraction of sp³-hybridized carbons (Fsp3) is 0.429. The van der Waals surface area contributed by atoms with Crippen LogP contribution >= 0.6 is 12.2 Å². The van der Waals surface area contributed by atoms with Gasteiger partial charge in [-0.1, -0.05) is 12.2 Å². The second-order valence-corrected chi connectivity index (χ2v) is 5.36. The minimum atomic E-state index is -0.771. The normalized spacial score (nSPS) is 21.5. The van der Waals surface area contributed by atoms with E-state index in [2.05, 4.69) is 5.32 Å². The van der Waals surface area contributed by atoms with Crippen molar-refractivity contribution >= 4 is 28.8 Å². The van der Waals surface area contributed by atoms with Crippen molar-refractivity contribution in [2.24, 2.45) is 5.73 Å². The van der Waals surface area contributed by atoms with Crippen LogP contribution in [0.4, 0.5) is 5.69 Å². The summed E-state index contributed by atoms with van der Waals surface area (Å²) < 4.78 is 10.8. The molecule has 0 aliphatic carbocycles. The van der Waals surface area contributed by atoms with Gasteiger partial charge in [-0.3, -0.25) is 4.79 Å². The molecular weight excluding hydrogens is 276 g/mol. The van der Waals surface area contributed by atoms with E-state index < -0.39 is 5.60 Å². The number of thiocarbonyl (C=S) groups is 1. The minimum absolute atomic E-state index is 0.170. The maximum Gasteiger partial charge on any atom is 0.256 e. The molecule has 1 aromatic rings. The summed E-state index contributed by atoms with van der Waals surface area (Å²) >= 11 is 4.92. The Bertz CT molecular complexity index is 539. The third-order valence-corrected chi connectivity index (χ3v) is 3.67. The molecular formula is C14H18N2O3S. The van der Waals surface area contributed by atoms with Crippen LogP contribution in [0.15, 0.2) is 18.2 Å². The highest BCUT2D eigenvalue weighted by atomic mass is 32.1. The third-order valence-electron chi connectivity index (χ3n) is 3.43. The maximum absolute atomic E-state index is 12.3. The van der Waals surface area contributed by atoms with Gasteiger partial charge in [-0.2, -0.15) is 0 Å². The minimum Gasteiger partial charge on any atom is -0.495 e. The molecule has 1 amide bonds. The Morgan fingerprint density at radius 3 is 2.85 bits per heavy atom. The summed E-state index contributed by atoms with van der Waals surface area (Å²) in [7, 11) is 1.53. The van der Waals surface area contributed by atoms with Gasteiger partial charge in [0.15, 0.2) is 0 Å². The van der Waals surface area contributed by atoms with E-state index in [1.807, 2.05) is 0 Å². The van der Waals surface area contributed by atoms with Gasteiger partial charge in [0, 0.05) is 12.2 Å². The summed E-state index contributed by atoms with van der Waals surface area (Å²) in [5.41, 5.74) is 6.08. The smallest absolute Gasteiger partial charge is 0.256 e. The molecule has 20 heavy (non-hydrogen) atoms. The number of amides is 1. The molecule has 1 saturated heterocycles. The highest BCUT2D eigenvalue weighted by Gasteiger charge is 2.38. The zero-order valence-electron chi connectivity index (χ0n) is 11.6. The van der Waals surface area contributed by atoms with Gasteiger partial charge in [-0.25, -0.2) is 0 Å². The summed E-state index contributed by atoms with van der Waals surface area (Å²) in [6.45, 7) is 2.41. The predicted octanol–water partition coefficient (Wildman–Crippen LogP) is 1.84. The van der Waals surface area contributed by atoms with Crippen LogP contribution in [-0.4, -0.2) is 30.2 Å². The molecule has 2 rings (SSSR count). The Hall–Kier alpha value is -1.66. The van der Waals surface area contributed by atoms with Crippen LogP contribution < -0.4 is 15.8 Å². The fourth-order valence-electron chi connectivity index (χ4n) is 2.16. The zero-order chi connectivity index (χ0) is 14.8. The summed E-state index contributed by atoms with van der Waals surface area (Å²) in [4.78, 5) is 12.6. The van der Waals surface area contributed by atoms with Gasteiger partial charge in [0.05, 0.1) is 12.8 Å². The molecule has 1 heterocycles. The van der Waals surface area contributed by atoms with E-state index in [0.717, 1.165) is 6.42 Å². The summed E-state index contributed by atoms with van der Waals surface area (Å²) in [6, 6.07) is 5.18. The van der Waals surface area contributed by atoms with E-state index >= 15 is 0 Å². The number of methoxy groups -OCH3 is 1. The van der Waals surface area contributed by atoms with E-state index in [0.29, 0.717) is 30.0 Å². The van der Waals surface area contributed by atoms with Crippen LogP contribution in [0.3, 0.4) is 0 Å². The Kier molecular flexibility index (Phi) is 4.25. The van der Waals surface area contributed by atoms with E-state index in [4.69, 9.17) is 27.4 Å². The lowest BCUT2D eigenvalue weighted by Crippen LogP contribution is -2.39. The molecule has 0 saturated carbocycles. The number of ether oxygens (including phenoxy) is 2. The van der Waals surface area contributed by atoms with Gasteiger partial charge in [0.1, 0.15) is 16.3 Å². The molecule has 0 aromatic heterocycles. The van der Waals surface area contributed by atoms with Crippen LogP contribution in [-0.2, 0) is 9.53 Å². The first kappa shape index (κ1) is 14.7. The largest absolute Gasteiger partial charge is 0.495 e. The predicted molar refractivity (Wildman–Crippen MR) is 81.1 cm³/mol. The molecule has 1 aromatic carbocycles. The number of carbonyl (C=O) groups excluding carboxylic acids is 1. The SMILES string of the molecule is COc1cc(C(N)=S)ccc1NC(=O)C1(C)CCCO1. The lowest BCUT2D eigenvalue weighted by atomic mass is 10.0. The molecule has 6 heteroatoms. The Morgan fingerprint density at radius 1 is 1.55 bits per heavy atom. The molecule has 0 radical (unpaired) electrons. The van der Waals surface area contributed by atoms with Crippen molar-refractivity contribution in [3.05, 3.63) is 23.8 Å². The molecule has 1 unspecified atom stereocenters. The Morgan fingerprint density at radius 2 is 2.30 bits per heavy atom. The van der Waals surface area contributed by atoms with Crippen molar-refractivity contribution in [3.8, 4) is 5.75 Å². The fourth-order valence-corrected chi connectivity index (χ4v) is 2.29. The highest BCUT2D eigenvalue weighted by Crippen LogP contribution is 2.30. The van der Waals surface area contributed by atoms with Crippen LogP contribution in [0, 0.1) is 0 Å². The van der Waals surface area contributed by atoms with E-state index in [9.17, 15) is 4.79 Å². The maximum atomic E-state index is 12.3. The van der Waals surface area contributed by atoms with Crippen molar-refractivity contribution in [2.45, 2.75) is 25.4 Å². The standard InChI is InChI=1S/C14H18N2O3S/c1-14(6-3-7-19-14)13(17)16-10-5-4-9(12(15)20)8-11(10)18-2/h4-5,8H,3,6-7H2,1-2H3,(H2,15,20)(H,16,17). The van der Waals surface area contributed by atoms with Crippen molar-refractivity contribution in [1.29, 1.82) is 0 Å². The summed E-state index contributed by atoms with van der Waals surface area (Å²) in [5.74, 6) is 0.349. The topological polar surface area (TPSA) is 73.6 Å². The average Bonchev–Trinajstić information content (AvgIpc) is 2.87. The molecule has 0 spiro atoms. The van der Waals surface area contributed by atoms with Gasteiger partial charge >= 0.3 is 0 Å². The van der Waals surface area contributed by atoms with Crippen LogP contribution in [0.2, 0.25) is 0 Å². The van der Waals surface area contributed by atoms with Gasteiger partial charge in [-0.05, 0) is 38.0 Å². The lowest BCUT2D eigenvalue weighted by molar-refractivity contribution is -0.133. The van der Waals surface area contributed by atoms with Crippen molar-refractivity contribution in [3.63, 3.8) is 0 Å². The van der Waals surface area contributed by atoms with Gasteiger partial charge in [0.25, 0.3) is 5.91 Å². The number of hydrogen-bond donors (Lipinski definition) is 2. The van der Waals surface area contributed by atoms with E-state index in [1.54, 1.807) is 25.1 Å². The third kappa shape index (κ3) is 2.91. The first-order valence-corrected chi connectivity index (χ1v) is 6.80. The highest BCUT2D eigenvalue weighted by molar-refractivity contribution is 7.80. The van der Waals surface area contributed by atoms with Gasteiger partial charge in [-0.15, -0.1) is 0 Å². The monoisotopic (exact) mass is 294 g/mol. The van der Waals surface area contributed by atoms with Gasteiger partial charge in [0.2, 0.25) is 0 Å². The molecule has 1 aliphatic heterocycles. The van der Waals surface area contributed by atoms with Crippen LogP contribution in [0.25, 0.3) is 0 Å². The average molecular weight is 294 g/mol. The number of hydrogen-bond acceptors (Lipinski definition) is 4.